The van der Waals surface area contributed by atoms with Crippen molar-refractivity contribution in [3.05, 3.63) is 70.0 Å². The van der Waals surface area contributed by atoms with Crippen LogP contribution in [0, 0.1) is 5.82 Å². The Morgan fingerprint density at radius 2 is 1.71 bits per heavy atom. The van der Waals surface area contributed by atoms with Gasteiger partial charge in [0.25, 0.3) is 0 Å². The maximum absolute atomic E-state index is 13.3. The number of benzene rings is 2. The molecule has 0 atom stereocenters. The topological polar surface area (TPSA) is 0 Å². The maximum Gasteiger partial charge on any atom is 0.416 e. The highest BCUT2D eigenvalue weighted by atomic mass is 19.4. The Morgan fingerprint density at radius 1 is 0.917 bits per heavy atom. The van der Waals surface area contributed by atoms with Crippen molar-refractivity contribution in [3.63, 3.8) is 0 Å². The van der Waals surface area contributed by atoms with E-state index in [2.05, 4.69) is 0 Å². The Kier molecular flexibility index (Phi) is 3.52. The van der Waals surface area contributed by atoms with Crippen LogP contribution in [-0.2, 0) is 12.6 Å². The lowest BCUT2D eigenvalue weighted by atomic mass is 9.85. The molecule has 0 nitrogen and oxygen atoms in total. The van der Waals surface area contributed by atoms with Crippen molar-refractivity contribution in [2.75, 3.05) is 0 Å². The SMILES string of the molecule is Fc1ccc2c(c1)CCC(c1ccc(C(F)(F)F)cc1C1CC1)=C2. The first-order valence-electron chi connectivity index (χ1n) is 8.12. The lowest BCUT2D eigenvalue weighted by Gasteiger charge is -2.20. The van der Waals surface area contributed by atoms with E-state index in [1.165, 1.54) is 24.3 Å². The van der Waals surface area contributed by atoms with E-state index in [0.29, 0.717) is 6.42 Å². The normalized spacial score (nSPS) is 17.4. The van der Waals surface area contributed by atoms with E-state index in [9.17, 15) is 17.6 Å². The summed E-state index contributed by atoms with van der Waals surface area (Å²) >= 11 is 0. The van der Waals surface area contributed by atoms with E-state index in [4.69, 9.17) is 0 Å². The number of allylic oxidation sites excluding steroid dienone is 1. The summed E-state index contributed by atoms with van der Waals surface area (Å²) in [6.45, 7) is 0. The molecule has 124 valence electrons. The first kappa shape index (κ1) is 15.4. The van der Waals surface area contributed by atoms with Crippen LogP contribution in [0.5, 0.6) is 0 Å². The molecule has 24 heavy (non-hydrogen) atoms. The van der Waals surface area contributed by atoms with Gasteiger partial charge in [0.05, 0.1) is 5.56 Å². The zero-order chi connectivity index (χ0) is 16.9. The zero-order valence-corrected chi connectivity index (χ0v) is 13.0. The average molecular weight is 332 g/mol. The zero-order valence-electron chi connectivity index (χ0n) is 13.0. The Balaban J connectivity index is 1.78. The van der Waals surface area contributed by atoms with Crippen LogP contribution in [0.1, 0.15) is 53.0 Å². The van der Waals surface area contributed by atoms with E-state index >= 15 is 0 Å². The van der Waals surface area contributed by atoms with Gasteiger partial charge < -0.3 is 0 Å². The smallest absolute Gasteiger partial charge is 0.207 e. The van der Waals surface area contributed by atoms with Crippen molar-refractivity contribution in [3.8, 4) is 0 Å². The van der Waals surface area contributed by atoms with E-state index in [0.717, 1.165) is 47.1 Å². The predicted octanol–water partition coefficient (Wildman–Crippen LogP) is 6.21. The molecule has 2 aliphatic carbocycles. The fourth-order valence-corrected chi connectivity index (χ4v) is 3.44. The molecule has 2 aliphatic rings. The minimum atomic E-state index is -4.31. The van der Waals surface area contributed by atoms with Gasteiger partial charge >= 0.3 is 6.18 Å². The fraction of sp³-hybridized carbons (Fsp3) is 0.300. The van der Waals surface area contributed by atoms with Crippen molar-refractivity contribution in [1.82, 2.24) is 0 Å². The number of rotatable bonds is 2. The molecule has 0 heterocycles. The third-order valence-corrected chi connectivity index (χ3v) is 4.84. The molecular formula is C20H16F4. The number of alkyl halides is 3. The molecule has 0 aromatic heterocycles. The van der Waals surface area contributed by atoms with Crippen LogP contribution in [0.25, 0.3) is 11.6 Å². The second kappa shape index (κ2) is 5.47. The van der Waals surface area contributed by atoms with Gasteiger partial charge in [0.1, 0.15) is 5.82 Å². The van der Waals surface area contributed by atoms with Gasteiger partial charge in [-0.25, -0.2) is 4.39 Å². The molecule has 0 unspecified atom stereocenters. The standard InChI is InChI=1S/C20H16F4/c21-17-7-5-13-9-15(4-3-14(13)10-17)18-8-6-16(20(22,23)24)11-19(18)12-1-2-12/h5-12H,1-4H2. The first-order chi connectivity index (χ1) is 11.4. The first-order valence-corrected chi connectivity index (χ1v) is 8.12. The third-order valence-electron chi connectivity index (χ3n) is 4.84. The van der Waals surface area contributed by atoms with Gasteiger partial charge in [-0.3, -0.25) is 0 Å². The Hall–Kier alpha value is -2.10. The monoisotopic (exact) mass is 332 g/mol. The minimum absolute atomic E-state index is 0.234. The Morgan fingerprint density at radius 3 is 2.42 bits per heavy atom. The molecule has 2 aromatic rings. The number of fused-ring (bicyclic) bond motifs is 1. The highest BCUT2D eigenvalue weighted by Crippen LogP contribution is 2.46. The molecule has 0 amide bonds. The number of halogens is 4. The van der Waals surface area contributed by atoms with E-state index < -0.39 is 11.7 Å². The quantitative estimate of drug-likeness (QED) is 0.574. The number of hydrogen-bond donors (Lipinski definition) is 0. The Labute approximate surface area is 137 Å². The van der Waals surface area contributed by atoms with Crippen molar-refractivity contribution >= 4 is 11.6 Å². The lowest BCUT2D eigenvalue weighted by Crippen LogP contribution is -2.07. The number of hydrogen-bond acceptors (Lipinski definition) is 0. The van der Waals surface area contributed by atoms with Crippen LogP contribution in [-0.4, -0.2) is 0 Å². The van der Waals surface area contributed by atoms with Gasteiger partial charge in [-0.15, -0.1) is 0 Å². The molecule has 1 fully saturated rings. The summed E-state index contributed by atoms with van der Waals surface area (Å²) in [7, 11) is 0. The second-order valence-corrected chi connectivity index (χ2v) is 6.59. The third kappa shape index (κ3) is 2.85. The molecule has 4 heteroatoms. The molecule has 1 saturated carbocycles. The molecule has 0 aliphatic heterocycles. The molecule has 0 N–H and O–H groups in total. The van der Waals surface area contributed by atoms with Crippen LogP contribution in [0.4, 0.5) is 17.6 Å². The molecule has 0 saturated heterocycles. The summed E-state index contributed by atoms with van der Waals surface area (Å²) in [5.41, 5.74) is 4.11. The Bertz CT molecular complexity index is 826. The maximum atomic E-state index is 13.3. The number of aryl methyl sites for hydroxylation is 1. The van der Waals surface area contributed by atoms with Crippen LogP contribution in [0.3, 0.4) is 0 Å². The predicted molar refractivity (Wildman–Crippen MR) is 86.0 cm³/mol. The molecule has 0 radical (unpaired) electrons. The van der Waals surface area contributed by atoms with Gasteiger partial charge in [0, 0.05) is 0 Å². The summed E-state index contributed by atoms with van der Waals surface area (Å²) < 4.78 is 52.4. The van der Waals surface area contributed by atoms with Gasteiger partial charge in [-0.2, -0.15) is 13.2 Å². The second-order valence-electron chi connectivity index (χ2n) is 6.59. The van der Waals surface area contributed by atoms with Crippen molar-refractivity contribution in [2.24, 2.45) is 0 Å². The van der Waals surface area contributed by atoms with Crippen LogP contribution in [0.15, 0.2) is 36.4 Å². The van der Waals surface area contributed by atoms with Gasteiger partial charge in [-0.05, 0) is 83.7 Å². The van der Waals surface area contributed by atoms with Crippen molar-refractivity contribution in [2.45, 2.75) is 37.8 Å². The van der Waals surface area contributed by atoms with Crippen molar-refractivity contribution in [1.29, 1.82) is 0 Å². The summed E-state index contributed by atoms with van der Waals surface area (Å²) in [5.74, 6) is -0.0170. The largest absolute Gasteiger partial charge is 0.416 e. The highest BCUT2D eigenvalue weighted by Gasteiger charge is 2.34. The summed E-state index contributed by atoms with van der Waals surface area (Å²) in [6.07, 6.45) is 1.01. The van der Waals surface area contributed by atoms with Crippen LogP contribution >= 0.6 is 0 Å². The molecule has 4 rings (SSSR count). The minimum Gasteiger partial charge on any atom is -0.207 e. The van der Waals surface area contributed by atoms with Gasteiger partial charge in [0.15, 0.2) is 0 Å². The summed E-state index contributed by atoms with van der Waals surface area (Å²) in [6, 6.07) is 8.79. The highest BCUT2D eigenvalue weighted by molar-refractivity contribution is 5.86. The van der Waals surface area contributed by atoms with E-state index in [1.54, 1.807) is 12.1 Å². The van der Waals surface area contributed by atoms with Crippen LogP contribution in [0.2, 0.25) is 0 Å². The molecule has 0 bridgehead atoms. The lowest BCUT2D eigenvalue weighted by molar-refractivity contribution is -0.137. The molecule has 0 spiro atoms. The summed E-state index contributed by atoms with van der Waals surface area (Å²) in [5, 5.41) is 0. The molecule has 2 aromatic carbocycles. The fourth-order valence-electron chi connectivity index (χ4n) is 3.44. The van der Waals surface area contributed by atoms with Gasteiger partial charge in [-0.1, -0.05) is 18.2 Å². The summed E-state index contributed by atoms with van der Waals surface area (Å²) in [4.78, 5) is 0. The van der Waals surface area contributed by atoms with E-state index in [-0.39, 0.29) is 11.7 Å². The van der Waals surface area contributed by atoms with E-state index in [1.807, 2.05) is 6.08 Å². The van der Waals surface area contributed by atoms with Crippen LogP contribution < -0.4 is 0 Å². The molecular weight excluding hydrogens is 316 g/mol. The van der Waals surface area contributed by atoms with Crippen molar-refractivity contribution < 1.29 is 17.6 Å². The average Bonchev–Trinajstić information content (AvgIpc) is 3.38. The van der Waals surface area contributed by atoms with Gasteiger partial charge in [0.2, 0.25) is 0 Å².